The largest absolute Gasteiger partial charge is 0.481 e. The van der Waals surface area contributed by atoms with Crippen LogP contribution in [0.15, 0.2) is 48.5 Å². The highest BCUT2D eigenvalue weighted by Gasteiger charge is 2.16. The number of sulfonamides is 1. The van der Waals surface area contributed by atoms with E-state index >= 15 is 0 Å². The predicted molar refractivity (Wildman–Crippen MR) is 99.9 cm³/mol. The van der Waals surface area contributed by atoms with Crippen molar-refractivity contribution in [3.05, 3.63) is 53.6 Å². The van der Waals surface area contributed by atoms with E-state index < -0.39 is 16.1 Å². The zero-order chi connectivity index (χ0) is 18.6. The summed E-state index contributed by atoms with van der Waals surface area (Å²) < 4.78 is 29.8. The van der Waals surface area contributed by atoms with Gasteiger partial charge in [0.1, 0.15) is 5.75 Å². The highest BCUT2D eigenvalue weighted by molar-refractivity contribution is 7.92. The zero-order valence-electron chi connectivity index (χ0n) is 14.1. The summed E-state index contributed by atoms with van der Waals surface area (Å²) in [6, 6.07) is 13.3. The summed E-state index contributed by atoms with van der Waals surface area (Å²) in [5, 5.41) is 3.24. The van der Waals surface area contributed by atoms with Gasteiger partial charge in [-0.2, -0.15) is 0 Å². The maximum Gasteiger partial charge on any atom is 0.265 e. The fraction of sp³-hybridized carbons (Fsp3) is 0.235. The quantitative estimate of drug-likeness (QED) is 0.832. The molecule has 0 saturated heterocycles. The number of benzene rings is 2. The van der Waals surface area contributed by atoms with Crippen LogP contribution in [0.5, 0.6) is 5.75 Å². The van der Waals surface area contributed by atoms with Crippen LogP contribution in [0, 0.1) is 0 Å². The smallest absolute Gasteiger partial charge is 0.265 e. The molecule has 0 bridgehead atoms. The maximum atomic E-state index is 12.2. The Morgan fingerprint density at radius 3 is 2.40 bits per heavy atom. The van der Waals surface area contributed by atoms with E-state index in [4.69, 9.17) is 16.3 Å². The fourth-order valence-corrected chi connectivity index (χ4v) is 2.69. The van der Waals surface area contributed by atoms with Crippen LogP contribution in [0.3, 0.4) is 0 Å². The second-order valence-electron chi connectivity index (χ2n) is 5.48. The fourth-order valence-electron chi connectivity index (χ4n) is 1.99. The van der Waals surface area contributed by atoms with Gasteiger partial charge in [0.25, 0.3) is 5.91 Å². The molecule has 0 aromatic heterocycles. The van der Waals surface area contributed by atoms with Crippen molar-refractivity contribution >= 4 is 38.9 Å². The molecule has 8 heteroatoms. The molecule has 2 aromatic carbocycles. The van der Waals surface area contributed by atoms with Crippen LogP contribution >= 0.6 is 11.6 Å². The van der Waals surface area contributed by atoms with Crippen LogP contribution in [0.1, 0.15) is 6.92 Å². The summed E-state index contributed by atoms with van der Waals surface area (Å²) in [5.41, 5.74) is 1.09. The van der Waals surface area contributed by atoms with Crippen molar-refractivity contribution in [2.75, 3.05) is 22.9 Å². The molecule has 2 aromatic rings. The van der Waals surface area contributed by atoms with Gasteiger partial charge in [0.05, 0.1) is 11.9 Å². The number of hydrogen-bond acceptors (Lipinski definition) is 4. The van der Waals surface area contributed by atoms with Crippen molar-refractivity contribution in [3.8, 4) is 5.75 Å². The highest BCUT2D eigenvalue weighted by atomic mass is 35.5. The van der Waals surface area contributed by atoms with Crippen LogP contribution in [0.4, 0.5) is 11.4 Å². The van der Waals surface area contributed by atoms with Crippen LogP contribution in [0.2, 0.25) is 5.02 Å². The molecule has 0 aliphatic heterocycles. The Labute approximate surface area is 152 Å². The van der Waals surface area contributed by atoms with Crippen molar-refractivity contribution in [1.82, 2.24) is 0 Å². The first kappa shape index (κ1) is 19.1. The molecule has 1 atom stereocenters. The van der Waals surface area contributed by atoms with Gasteiger partial charge in [-0.3, -0.25) is 9.10 Å². The van der Waals surface area contributed by atoms with Gasteiger partial charge >= 0.3 is 0 Å². The van der Waals surface area contributed by atoms with Gasteiger partial charge in [-0.1, -0.05) is 17.7 Å². The molecule has 134 valence electrons. The summed E-state index contributed by atoms with van der Waals surface area (Å²) in [5.74, 6) is 0.138. The van der Waals surface area contributed by atoms with Crippen molar-refractivity contribution in [1.29, 1.82) is 0 Å². The minimum absolute atomic E-state index is 0.320. The van der Waals surface area contributed by atoms with E-state index in [1.807, 2.05) is 0 Å². The Morgan fingerprint density at radius 1 is 1.20 bits per heavy atom. The Kier molecular flexibility index (Phi) is 5.92. The summed E-state index contributed by atoms with van der Waals surface area (Å²) >= 11 is 5.88. The lowest BCUT2D eigenvalue weighted by molar-refractivity contribution is -0.122. The Hall–Kier alpha value is -2.25. The molecular formula is C17H19ClN2O4S. The molecule has 0 unspecified atom stereocenters. The number of nitrogens with zero attached hydrogens (tertiary/aromatic N) is 1. The molecule has 1 amide bonds. The lowest BCUT2D eigenvalue weighted by atomic mass is 10.3. The van der Waals surface area contributed by atoms with Crippen LogP contribution < -0.4 is 14.4 Å². The minimum Gasteiger partial charge on any atom is -0.481 e. The van der Waals surface area contributed by atoms with Crippen molar-refractivity contribution in [2.45, 2.75) is 13.0 Å². The predicted octanol–water partition coefficient (Wildman–Crippen LogP) is 3.14. The van der Waals surface area contributed by atoms with E-state index in [0.29, 0.717) is 22.1 Å². The zero-order valence-corrected chi connectivity index (χ0v) is 15.6. The van der Waals surface area contributed by atoms with Crippen LogP contribution in [-0.4, -0.2) is 33.7 Å². The topological polar surface area (TPSA) is 75.7 Å². The van der Waals surface area contributed by atoms with E-state index in [1.165, 1.54) is 7.05 Å². The molecule has 0 heterocycles. The third-order valence-electron chi connectivity index (χ3n) is 3.47. The third kappa shape index (κ3) is 5.37. The number of carbonyl (C=O) groups excluding carboxylic acids is 1. The summed E-state index contributed by atoms with van der Waals surface area (Å²) in [6.45, 7) is 1.62. The van der Waals surface area contributed by atoms with Crippen LogP contribution in [0.25, 0.3) is 0 Å². The van der Waals surface area contributed by atoms with Gasteiger partial charge in [0, 0.05) is 17.8 Å². The second kappa shape index (κ2) is 7.76. The van der Waals surface area contributed by atoms with Gasteiger partial charge in [0.2, 0.25) is 10.0 Å². The molecule has 0 saturated carbocycles. The molecule has 0 fully saturated rings. The lowest BCUT2D eigenvalue weighted by Gasteiger charge is -2.18. The van der Waals surface area contributed by atoms with E-state index in [2.05, 4.69) is 5.32 Å². The number of nitrogens with one attached hydrogen (secondary N) is 1. The number of hydrogen-bond donors (Lipinski definition) is 1. The molecule has 0 radical (unpaired) electrons. The first-order chi connectivity index (χ1) is 11.7. The molecule has 6 nitrogen and oxygen atoms in total. The normalized spacial score (nSPS) is 12.3. The number of amides is 1. The molecular weight excluding hydrogens is 364 g/mol. The number of rotatable bonds is 6. The van der Waals surface area contributed by atoms with Gasteiger partial charge in [-0.05, 0) is 49.4 Å². The highest BCUT2D eigenvalue weighted by Crippen LogP contribution is 2.21. The van der Waals surface area contributed by atoms with E-state index in [9.17, 15) is 13.2 Å². The minimum atomic E-state index is -3.33. The van der Waals surface area contributed by atoms with Gasteiger partial charge in [-0.25, -0.2) is 8.42 Å². The van der Waals surface area contributed by atoms with E-state index in [-0.39, 0.29) is 5.91 Å². The molecule has 1 N–H and O–H groups in total. The van der Waals surface area contributed by atoms with Crippen molar-refractivity contribution in [3.63, 3.8) is 0 Å². The molecule has 0 spiro atoms. The van der Waals surface area contributed by atoms with E-state index in [0.717, 1.165) is 10.6 Å². The number of carbonyl (C=O) groups is 1. The molecule has 0 aliphatic carbocycles. The average Bonchev–Trinajstić information content (AvgIpc) is 2.54. The Bertz CT molecular complexity index is 853. The molecule has 0 aliphatic rings. The van der Waals surface area contributed by atoms with Gasteiger partial charge < -0.3 is 10.1 Å². The number of halogens is 1. The van der Waals surface area contributed by atoms with Crippen LogP contribution in [-0.2, 0) is 14.8 Å². The summed E-state index contributed by atoms with van der Waals surface area (Å²) in [7, 11) is -1.86. The van der Waals surface area contributed by atoms with E-state index in [1.54, 1.807) is 55.5 Å². The number of anilines is 2. The Balaban J connectivity index is 2.00. The van der Waals surface area contributed by atoms with Crippen molar-refractivity contribution in [2.24, 2.45) is 0 Å². The van der Waals surface area contributed by atoms with Gasteiger partial charge in [0.15, 0.2) is 6.10 Å². The second-order valence-corrected chi connectivity index (χ2v) is 7.93. The average molecular weight is 383 g/mol. The maximum absolute atomic E-state index is 12.2. The lowest BCUT2D eigenvalue weighted by Crippen LogP contribution is -2.30. The first-order valence-electron chi connectivity index (χ1n) is 7.44. The first-order valence-corrected chi connectivity index (χ1v) is 9.66. The Morgan fingerprint density at radius 2 is 1.84 bits per heavy atom. The monoisotopic (exact) mass is 382 g/mol. The molecule has 25 heavy (non-hydrogen) atoms. The van der Waals surface area contributed by atoms with Crippen molar-refractivity contribution < 1.29 is 17.9 Å². The van der Waals surface area contributed by atoms with Gasteiger partial charge in [-0.15, -0.1) is 0 Å². The SMILES string of the molecule is C[C@H](Oc1ccc(N(C)S(C)(=O)=O)cc1)C(=O)Nc1cccc(Cl)c1. The summed E-state index contributed by atoms with van der Waals surface area (Å²) in [4.78, 5) is 12.2. The standard InChI is InChI=1S/C17H19ClN2O4S/c1-12(17(21)19-14-6-4-5-13(18)11-14)24-16-9-7-15(8-10-16)20(2)25(3,22)23/h4-12H,1-3H3,(H,19,21)/t12-/m0/s1. The number of ether oxygens (including phenoxy) is 1. The summed E-state index contributed by atoms with van der Waals surface area (Å²) in [6.07, 6.45) is 0.386. The molecule has 2 rings (SSSR count). The third-order valence-corrected chi connectivity index (χ3v) is 4.91.